The number of fused-ring (bicyclic) bond motifs is 1. The van der Waals surface area contributed by atoms with Crippen LogP contribution in [0.2, 0.25) is 0 Å². The molecule has 0 aliphatic rings. The molecule has 0 aliphatic heterocycles. The van der Waals surface area contributed by atoms with E-state index in [1.54, 1.807) is 36.0 Å². The monoisotopic (exact) mass is 317 g/mol. The first-order valence-corrected chi connectivity index (χ1v) is 7.54. The Hall–Kier alpha value is -3.34. The summed E-state index contributed by atoms with van der Waals surface area (Å²) in [4.78, 5) is 4.37. The summed E-state index contributed by atoms with van der Waals surface area (Å²) >= 11 is 0. The molecule has 0 bridgehead atoms. The Morgan fingerprint density at radius 3 is 2.62 bits per heavy atom. The zero-order chi connectivity index (χ0) is 16.5. The Morgan fingerprint density at radius 1 is 1.00 bits per heavy atom. The van der Waals surface area contributed by atoms with Gasteiger partial charge in [-0.3, -0.25) is 0 Å². The Bertz CT molecular complexity index is 1010. The van der Waals surface area contributed by atoms with Gasteiger partial charge in [0, 0.05) is 23.4 Å². The van der Waals surface area contributed by atoms with Crippen LogP contribution in [-0.2, 0) is 0 Å². The van der Waals surface area contributed by atoms with Crippen LogP contribution in [0.15, 0.2) is 66.9 Å². The highest BCUT2D eigenvalue weighted by atomic mass is 16.5. The summed E-state index contributed by atoms with van der Waals surface area (Å²) in [5, 5.41) is 14.9. The first kappa shape index (κ1) is 14.3. The minimum absolute atomic E-state index is 0.167. The highest BCUT2D eigenvalue weighted by Gasteiger charge is 2.13. The maximum Gasteiger partial charge on any atom is 0.156 e. The Morgan fingerprint density at radius 2 is 1.83 bits per heavy atom. The molecule has 2 heterocycles. The molecule has 0 saturated heterocycles. The number of phenols is 1. The van der Waals surface area contributed by atoms with Gasteiger partial charge in [0.15, 0.2) is 5.65 Å². The summed E-state index contributed by atoms with van der Waals surface area (Å²) in [5.74, 6) is 0.836. The van der Waals surface area contributed by atoms with E-state index in [0.717, 1.165) is 17.0 Å². The number of benzene rings is 2. The molecule has 2 aromatic carbocycles. The second-order valence-corrected chi connectivity index (χ2v) is 5.38. The molecular weight excluding hydrogens is 302 g/mol. The van der Waals surface area contributed by atoms with Crippen LogP contribution in [0.4, 0.5) is 0 Å². The van der Waals surface area contributed by atoms with Crippen molar-refractivity contribution < 1.29 is 9.84 Å². The molecule has 0 fully saturated rings. The van der Waals surface area contributed by atoms with Gasteiger partial charge in [-0.15, -0.1) is 0 Å². The van der Waals surface area contributed by atoms with Crippen molar-refractivity contribution >= 4 is 5.65 Å². The number of aromatic nitrogens is 3. The van der Waals surface area contributed by atoms with Crippen LogP contribution < -0.4 is 4.74 Å². The molecule has 4 aromatic rings. The maximum atomic E-state index is 10.3. The van der Waals surface area contributed by atoms with E-state index in [1.165, 1.54) is 0 Å². The molecule has 1 N–H and O–H groups in total. The quantitative estimate of drug-likeness (QED) is 0.625. The second-order valence-electron chi connectivity index (χ2n) is 5.38. The fourth-order valence-electron chi connectivity index (χ4n) is 2.70. The number of methoxy groups -OCH3 is 1. The van der Waals surface area contributed by atoms with E-state index in [4.69, 9.17) is 4.74 Å². The third-order valence-corrected chi connectivity index (χ3v) is 3.91. The molecule has 5 nitrogen and oxygen atoms in total. The topological polar surface area (TPSA) is 59.7 Å². The van der Waals surface area contributed by atoms with Crippen LogP contribution in [0.3, 0.4) is 0 Å². The summed E-state index contributed by atoms with van der Waals surface area (Å²) < 4.78 is 6.99. The van der Waals surface area contributed by atoms with Crippen LogP contribution >= 0.6 is 0 Å². The Balaban J connectivity index is 1.93. The maximum absolute atomic E-state index is 10.3. The van der Waals surface area contributed by atoms with Gasteiger partial charge >= 0.3 is 0 Å². The lowest BCUT2D eigenvalue weighted by molar-refractivity contribution is 0.412. The summed E-state index contributed by atoms with van der Waals surface area (Å²) in [5.41, 5.74) is 3.96. The standard InChI is InChI=1S/C19H15N3O2/c1-24-14-7-8-18(23)15(11-14)17-9-10-20-19-12-16(21-22(17)19)13-5-3-2-4-6-13/h2-12,23H,1H3. The number of aromatic hydroxyl groups is 1. The van der Waals surface area contributed by atoms with Gasteiger partial charge in [0.25, 0.3) is 0 Å². The molecule has 118 valence electrons. The van der Waals surface area contributed by atoms with Gasteiger partial charge in [-0.2, -0.15) is 5.10 Å². The molecule has 0 spiro atoms. The zero-order valence-corrected chi connectivity index (χ0v) is 13.0. The lowest BCUT2D eigenvalue weighted by atomic mass is 10.1. The number of rotatable bonds is 3. The summed E-state index contributed by atoms with van der Waals surface area (Å²) in [6, 6.07) is 18.8. The van der Waals surface area contributed by atoms with Gasteiger partial charge in [-0.1, -0.05) is 30.3 Å². The third-order valence-electron chi connectivity index (χ3n) is 3.91. The summed E-state index contributed by atoms with van der Waals surface area (Å²) in [6.45, 7) is 0. The van der Waals surface area contributed by atoms with Crippen molar-refractivity contribution in [3.8, 4) is 34.0 Å². The summed E-state index contributed by atoms with van der Waals surface area (Å²) in [7, 11) is 1.60. The average Bonchev–Trinajstić information content (AvgIpc) is 3.07. The molecule has 2 aromatic heterocycles. The smallest absolute Gasteiger partial charge is 0.156 e. The molecule has 0 unspecified atom stereocenters. The van der Waals surface area contributed by atoms with Crippen LogP contribution in [0, 0.1) is 0 Å². The normalized spacial score (nSPS) is 10.9. The SMILES string of the molecule is COc1ccc(O)c(-c2ccnc3cc(-c4ccccc4)nn23)c1. The Labute approximate surface area is 138 Å². The largest absolute Gasteiger partial charge is 0.507 e. The first-order valence-electron chi connectivity index (χ1n) is 7.54. The van der Waals surface area contributed by atoms with Crippen LogP contribution in [-0.4, -0.2) is 26.8 Å². The lowest BCUT2D eigenvalue weighted by Crippen LogP contribution is -1.96. The number of ether oxygens (including phenoxy) is 1. The van der Waals surface area contributed by atoms with Gasteiger partial charge in [-0.05, 0) is 24.3 Å². The molecule has 24 heavy (non-hydrogen) atoms. The van der Waals surface area contributed by atoms with Crippen molar-refractivity contribution in [2.24, 2.45) is 0 Å². The molecule has 4 rings (SSSR count). The van der Waals surface area contributed by atoms with Crippen molar-refractivity contribution in [2.45, 2.75) is 0 Å². The number of hydrogen-bond donors (Lipinski definition) is 1. The van der Waals surface area contributed by atoms with Crippen molar-refractivity contribution in [3.05, 3.63) is 66.9 Å². The van der Waals surface area contributed by atoms with Gasteiger partial charge < -0.3 is 9.84 Å². The van der Waals surface area contributed by atoms with Gasteiger partial charge in [0.05, 0.1) is 18.5 Å². The summed E-state index contributed by atoms with van der Waals surface area (Å²) in [6.07, 6.45) is 1.71. The molecule has 0 aliphatic carbocycles. The predicted molar refractivity (Wildman–Crippen MR) is 92.1 cm³/mol. The molecule has 0 amide bonds. The minimum atomic E-state index is 0.167. The van der Waals surface area contributed by atoms with E-state index in [2.05, 4.69) is 10.1 Å². The van der Waals surface area contributed by atoms with E-state index in [0.29, 0.717) is 17.0 Å². The van der Waals surface area contributed by atoms with E-state index in [1.807, 2.05) is 42.5 Å². The number of phenolic OH excluding ortho intramolecular Hbond substituents is 1. The molecular formula is C19H15N3O2. The average molecular weight is 317 g/mol. The minimum Gasteiger partial charge on any atom is -0.507 e. The van der Waals surface area contributed by atoms with Gasteiger partial charge in [0.2, 0.25) is 0 Å². The zero-order valence-electron chi connectivity index (χ0n) is 13.0. The molecule has 0 atom stereocenters. The predicted octanol–water partition coefficient (Wildman–Crippen LogP) is 3.78. The van der Waals surface area contributed by atoms with E-state index < -0.39 is 0 Å². The third kappa shape index (κ3) is 2.36. The van der Waals surface area contributed by atoms with E-state index in [9.17, 15) is 5.11 Å². The lowest BCUT2D eigenvalue weighted by Gasteiger charge is -2.08. The highest BCUT2D eigenvalue weighted by molar-refractivity contribution is 5.72. The van der Waals surface area contributed by atoms with Crippen LogP contribution in [0.1, 0.15) is 0 Å². The number of hydrogen-bond acceptors (Lipinski definition) is 4. The Kier molecular flexibility index (Phi) is 3.39. The number of nitrogens with zero attached hydrogens (tertiary/aromatic N) is 3. The molecule has 0 radical (unpaired) electrons. The van der Waals surface area contributed by atoms with Gasteiger partial charge in [0.1, 0.15) is 11.5 Å². The molecule has 0 saturated carbocycles. The van der Waals surface area contributed by atoms with E-state index >= 15 is 0 Å². The second kappa shape index (κ2) is 5.70. The van der Waals surface area contributed by atoms with Crippen LogP contribution in [0.25, 0.3) is 28.2 Å². The fourth-order valence-corrected chi connectivity index (χ4v) is 2.70. The van der Waals surface area contributed by atoms with Gasteiger partial charge in [-0.25, -0.2) is 9.50 Å². The van der Waals surface area contributed by atoms with Crippen LogP contribution in [0.5, 0.6) is 11.5 Å². The molecule has 5 heteroatoms. The van der Waals surface area contributed by atoms with Crippen molar-refractivity contribution in [1.29, 1.82) is 0 Å². The van der Waals surface area contributed by atoms with Crippen molar-refractivity contribution in [1.82, 2.24) is 14.6 Å². The van der Waals surface area contributed by atoms with Crippen molar-refractivity contribution in [2.75, 3.05) is 7.11 Å². The fraction of sp³-hybridized carbons (Fsp3) is 0.0526. The first-order chi connectivity index (χ1) is 11.8. The van der Waals surface area contributed by atoms with E-state index in [-0.39, 0.29) is 5.75 Å². The highest BCUT2D eigenvalue weighted by Crippen LogP contribution is 2.33. The van der Waals surface area contributed by atoms with Crippen molar-refractivity contribution in [3.63, 3.8) is 0 Å².